The summed E-state index contributed by atoms with van der Waals surface area (Å²) in [6.07, 6.45) is 3.97. The van der Waals surface area contributed by atoms with Crippen LogP contribution in [0.3, 0.4) is 0 Å². The van der Waals surface area contributed by atoms with Crippen LogP contribution in [-0.2, 0) is 0 Å². The molecule has 0 bridgehead atoms. The Balaban J connectivity index is 3.02. The van der Waals surface area contributed by atoms with Gasteiger partial charge in [0.05, 0.1) is 4.92 Å². The number of hydrogen-bond acceptors (Lipinski definition) is 4. The average Bonchev–Trinajstić information content (AvgIpc) is 2.44. The number of nitrogens with zero attached hydrogens (tertiary/aromatic N) is 1. The number of para-hydroxylation sites is 1. The van der Waals surface area contributed by atoms with E-state index >= 15 is 0 Å². The molecule has 0 aliphatic rings. The Hall–Kier alpha value is -1.78. The third-order valence-electron chi connectivity index (χ3n) is 3.27. The second-order valence-electron chi connectivity index (χ2n) is 4.92. The molecule has 0 aromatic heterocycles. The lowest BCUT2D eigenvalue weighted by Gasteiger charge is -2.18. The summed E-state index contributed by atoms with van der Waals surface area (Å²) in [6.45, 7) is 6.99. The van der Waals surface area contributed by atoms with Crippen molar-refractivity contribution in [2.75, 3.05) is 17.2 Å². The minimum absolute atomic E-state index is 0.149. The second kappa shape index (κ2) is 8.40. The van der Waals surface area contributed by atoms with Gasteiger partial charge in [-0.05, 0) is 31.4 Å². The van der Waals surface area contributed by atoms with Gasteiger partial charge in [-0.1, -0.05) is 33.3 Å². The van der Waals surface area contributed by atoms with Gasteiger partial charge in [0.2, 0.25) is 0 Å². The molecule has 1 rings (SSSR count). The fourth-order valence-electron chi connectivity index (χ4n) is 2.21. The van der Waals surface area contributed by atoms with E-state index in [4.69, 9.17) is 0 Å². The molecule has 1 unspecified atom stereocenters. The molecule has 0 aliphatic carbocycles. The van der Waals surface area contributed by atoms with Gasteiger partial charge in [-0.3, -0.25) is 10.1 Å². The standard InChI is InChI=1S/C15H25N3O2/c1-4-8-12(6-3)17-14-10-7-9-13(16-11-5-2)15(14)18(19)20/h7,9-10,12,16-17H,4-6,8,11H2,1-3H3. The van der Waals surface area contributed by atoms with E-state index in [0.29, 0.717) is 11.4 Å². The predicted octanol–water partition coefficient (Wildman–Crippen LogP) is 4.41. The fraction of sp³-hybridized carbons (Fsp3) is 0.600. The van der Waals surface area contributed by atoms with E-state index in [2.05, 4.69) is 24.5 Å². The summed E-state index contributed by atoms with van der Waals surface area (Å²) < 4.78 is 0. The van der Waals surface area contributed by atoms with Crippen LogP contribution >= 0.6 is 0 Å². The van der Waals surface area contributed by atoms with Crippen molar-refractivity contribution in [1.29, 1.82) is 0 Å². The highest BCUT2D eigenvalue weighted by Gasteiger charge is 2.20. The fourth-order valence-corrected chi connectivity index (χ4v) is 2.21. The Bertz CT molecular complexity index is 435. The summed E-state index contributed by atoms with van der Waals surface area (Å²) >= 11 is 0. The molecule has 0 spiro atoms. The molecule has 1 aromatic rings. The predicted molar refractivity (Wildman–Crippen MR) is 84.5 cm³/mol. The largest absolute Gasteiger partial charge is 0.379 e. The van der Waals surface area contributed by atoms with Gasteiger partial charge in [0, 0.05) is 12.6 Å². The van der Waals surface area contributed by atoms with Gasteiger partial charge in [-0.2, -0.15) is 0 Å². The van der Waals surface area contributed by atoms with Crippen molar-refractivity contribution in [2.24, 2.45) is 0 Å². The highest BCUT2D eigenvalue weighted by Crippen LogP contribution is 2.33. The van der Waals surface area contributed by atoms with Crippen molar-refractivity contribution < 1.29 is 4.92 Å². The Morgan fingerprint density at radius 2 is 1.90 bits per heavy atom. The zero-order valence-corrected chi connectivity index (χ0v) is 12.6. The zero-order chi connectivity index (χ0) is 15.0. The van der Waals surface area contributed by atoms with Crippen LogP contribution < -0.4 is 10.6 Å². The summed E-state index contributed by atoms with van der Waals surface area (Å²) in [5.74, 6) is 0. The van der Waals surface area contributed by atoms with E-state index in [1.54, 1.807) is 12.1 Å². The van der Waals surface area contributed by atoms with Crippen LogP contribution in [0.2, 0.25) is 0 Å². The first kappa shape index (κ1) is 16.3. The Labute approximate surface area is 120 Å². The molecule has 5 heteroatoms. The normalized spacial score (nSPS) is 11.9. The third kappa shape index (κ3) is 4.40. The highest BCUT2D eigenvalue weighted by molar-refractivity contribution is 5.76. The summed E-state index contributed by atoms with van der Waals surface area (Å²) in [4.78, 5) is 11.1. The van der Waals surface area contributed by atoms with E-state index < -0.39 is 0 Å². The number of nitrogens with one attached hydrogen (secondary N) is 2. The lowest BCUT2D eigenvalue weighted by atomic mass is 10.1. The van der Waals surface area contributed by atoms with Gasteiger partial charge >= 0.3 is 5.69 Å². The Morgan fingerprint density at radius 1 is 1.20 bits per heavy atom. The lowest BCUT2D eigenvalue weighted by molar-refractivity contribution is -0.383. The molecule has 0 radical (unpaired) electrons. The maximum absolute atomic E-state index is 11.4. The van der Waals surface area contributed by atoms with Crippen LogP contribution in [0, 0.1) is 10.1 Å². The molecular weight excluding hydrogens is 254 g/mol. The Morgan fingerprint density at radius 3 is 2.45 bits per heavy atom. The van der Waals surface area contributed by atoms with Crippen molar-refractivity contribution in [3.05, 3.63) is 28.3 Å². The van der Waals surface area contributed by atoms with E-state index in [1.165, 1.54) is 0 Å². The van der Waals surface area contributed by atoms with Gasteiger partial charge in [-0.25, -0.2) is 0 Å². The van der Waals surface area contributed by atoms with Gasteiger partial charge in [0.15, 0.2) is 0 Å². The monoisotopic (exact) mass is 279 g/mol. The summed E-state index contributed by atoms with van der Waals surface area (Å²) in [6, 6.07) is 5.68. The zero-order valence-electron chi connectivity index (χ0n) is 12.6. The number of benzene rings is 1. The average molecular weight is 279 g/mol. The van der Waals surface area contributed by atoms with Crippen molar-refractivity contribution in [3.63, 3.8) is 0 Å². The SMILES string of the molecule is CCCNc1cccc(NC(CC)CCC)c1[N+](=O)[O-]. The molecule has 0 saturated heterocycles. The van der Waals surface area contributed by atoms with Crippen LogP contribution in [-0.4, -0.2) is 17.5 Å². The topological polar surface area (TPSA) is 67.2 Å². The van der Waals surface area contributed by atoms with Crippen molar-refractivity contribution in [3.8, 4) is 0 Å². The lowest BCUT2D eigenvalue weighted by Crippen LogP contribution is -2.19. The first-order valence-corrected chi connectivity index (χ1v) is 7.41. The van der Waals surface area contributed by atoms with E-state index in [1.807, 2.05) is 13.0 Å². The molecule has 0 fully saturated rings. The quantitative estimate of drug-likeness (QED) is 0.519. The first-order valence-electron chi connectivity index (χ1n) is 7.41. The van der Waals surface area contributed by atoms with Gasteiger partial charge in [-0.15, -0.1) is 0 Å². The van der Waals surface area contributed by atoms with Gasteiger partial charge in [0.1, 0.15) is 11.4 Å². The molecule has 0 amide bonds. The first-order chi connectivity index (χ1) is 9.63. The van der Waals surface area contributed by atoms with Crippen LogP contribution in [0.1, 0.15) is 46.5 Å². The maximum Gasteiger partial charge on any atom is 0.315 e. The molecule has 1 atom stereocenters. The molecule has 0 aliphatic heterocycles. The van der Waals surface area contributed by atoms with Gasteiger partial charge < -0.3 is 10.6 Å². The summed E-state index contributed by atoms with van der Waals surface area (Å²) in [7, 11) is 0. The molecule has 1 aromatic carbocycles. The summed E-state index contributed by atoms with van der Waals surface area (Å²) in [5.41, 5.74) is 1.35. The van der Waals surface area contributed by atoms with Crippen molar-refractivity contribution in [1.82, 2.24) is 0 Å². The van der Waals surface area contributed by atoms with E-state index in [9.17, 15) is 10.1 Å². The number of anilines is 2. The minimum Gasteiger partial charge on any atom is -0.379 e. The molecule has 112 valence electrons. The maximum atomic E-state index is 11.4. The second-order valence-corrected chi connectivity index (χ2v) is 4.92. The number of nitro benzene ring substituents is 1. The molecular formula is C15H25N3O2. The Kier molecular flexibility index (Phi) is 6.84. The van der Waals surface area contributed by atoms with E-state index in [0.717, 1.165) is 32.2 Å². The van der Waals surface area contributed by atoms with Gasteiger partial charge in [0.25, 0.3) is 0 Å². The molecule has 5 nitrogen and oxygen atoms in total. The minimum atomic E-state index is -0.307. The number of nitro groups is 1. The third-order valence-corrected chi connectivity index (χ3v) is 3.27. The van der Waals surface area contributed by atoms with Crippen molar-refractivity contribution >= 4 is 17.1 Å². The summed E-state index contributed by atoms with van der Waals surface area (Å²) in [5, 5.41) is 17.8. The molecule has 0 saturated carbocycles. The molecule has 20 heavy (non-hydrogen) atoms. The molecule has 0 heterocycles. The van der Waals surface area contributed by atoms with Crippen LogP contribution in [0.4, 0.5) is 17.1 Å². The highest BCUT2D eigenvalue weighted by atomic mass is 16.6. The van der Waals surface area contributed by atoms with Crippen LogP contribution in [0.25, 0.3) is 0 Å². The van der Waals surface area contributed by atoms with Crippen LogP contribution in [0.5, 0.6) is 0 Å². The number of hydrogen-bond donors (Lipinski definition) is 2. The van der Waals surface area contributed by atoms with Crippen molar-refractivity contribution in [2.45, 2.75) is 52.5 Å². The smallest absolute Gasteiger partial charge is 0.315 e. The number of rotatable bonds is 9. The van der Waals surface area contributed by atoms with E-state index in [-0.39, 0.29) is 16.7 Å². The molecule has 2 N–H and O–H groups in total. The van der Waals surface area contributed by atoms with Crippen LogP contribution in [0.15, 0.2) is 18.2 Å².